The summed E-state index contributed by atoms with van der Waals surface area (Å²) in [5.74, 6) is -0.876. The number of ether oxygens (including phenoxy) is 1. The molecule has 33 heavy (non-hydrogen) atoms. The van der Waals surface area contributed by atoms with Gasteiger partial charge in [0, 0.05) is 12.2 Å². The molecule has 0 saturated carbocycles. The summed E-state index contributed by atoms with van der Waals surface area (Å²) in [5, 5.41) is 2.69. The van der Waals surface area contributed by atoms with Crippen molar-refractivity contribution < 1.29 is 27.5 Å². The lowest BCUT2D eigenvalue weighted by Gasteiger charge is -2.46. The number of rotatable bonds is 8. The number of halogens is 3. The van der Waals surface area contributed by atoms with Crippen molar-refractivity contribution in [2.24, 2.45) is 23.0 Å². The number of hydrogen-bond acceptors (Lipinski definition) is 4. The summed E-state index contributed by atoms with van der Waals surface area (Å²) in [7, 11) is 0. The number of benzene rings is 1. The Morgan fingerprint density at radius 2 is 2.03 bits per heavy atom. The second kappa shape index (κ2) is 9.99. The fourth-order valence-corrected chi connectivity index (χ4v) is 5.09. The predicted octanol–water partition coefficient (Wildman–Crippen LogP) is 4.22. The lowest BCUT2D eigenvalue weighted by Crippen LogP contribution is -2.46. The Hall–Kier alpha value is -2.81. The molecule has 2 aliphatic carbocycles. The van der Waals surface area contributed by atoms with Gasteiger partial charge in [0.15, 0.2) is 0 Å². The van der Waals surface area contributed by atoms with Gasteiger partial charge in [-0.15, -0.1) is 13.2 Å². The summed E-state index contributed by atoms with van der Waals surface area (Å²) >= 11 is 0. The molecule has 0 aliphatic heterocycles. The maximum Gasteiger partial charge on any atom is 0.572 e. The second-order valence-electron chi connectivity index (χ2n) is 8.88. The first-order chi connectivity index (χ1) is 15.6. The van der Waals surface area contributed by atoms with Crippen molar-refractivity contribution in [3.63, 3.8) is 0 Å². The Morgan fingerprint density at radius 1 is 1.33 bits per heavy atom. The van der Waals surface area contributed by atoms with Crippen molar-refractivity contribution in [1.82, 2.24) is 4.90 Å². The number of amides is 2. The van der Waals surface area contributed by atoms with Gasteiger partial charge in [0.1, 0.15) is 5.76 Å². The molecule has 3 N–H and O–H groups in total. The first-order valence-corrected chi connectivity index (χ1v) is 11.0. The maximum atomic E-state index is 13.3. The van der Waals surface area contributed by atoms with Gasteiger partial charge in [-0.3, -0.25) is 9.59 Å². The third kappa shape index (κ3) is 5.76. The van der Waals surface area contributed by atoms with Crippen molar-refractivity contribution in [1.29, 1.82) is 0 Å². The number of nitrogens with zero attached hydrogens (tertiary/aromatic N) is 1. The molecule has 0 bridgehead atoms. The zero-order valence-corrected chi connectivity index (χ0v) is 18.8. The van der Waals surface area contributed by atoms with E-state index >= 15 is 0 Å². The molecule has 1 aromatic carbocycles. The number of allylic oxidation sites excluding steroid dienone is 1. The van der Waals surface area contributed by atoms with E-state index in [-0.39, 0.29) is 30.7 Å². The Bertz CT molecular complexity index is 930. The van der Waals surface area contributed by atoms with Crippen LogP contribution in [0.3, 0.4) is 0 Å². The minimum absolute atomic E-state index is 0.0674. The highest BCUT2D eigenvalue weighted by molar-refractivity contribution is 5.93. The van der Waals surface area contributed by atoms with E-state index in [1.54, 1.807) is 37.3 Å². The number of alkyl halides is 3. The van der Waals surface area contributed by atoms with Crippen LogP contribution in [-0.2, 0) is 14.3 Å². The first kappa shape index (κ1) is 24.8. The summed E-state index contributed by atoms with van der Waals surface area (Å²) in [4.78, 5) is 25.6. The van der Waals surface area contributed by atoms with Crippen molar-refractivity contribution in [3.05, 3.63) is 53.3 Å². The number of carbonyl (C=O) groups excluding carboxylic acids is 2. The van der Waals surface area contributed by atoms with E-state index in [9.17, 15) is 22.8 Å². The van der Waals surface area contributed by atoms with Crippen LogP contribution in [0.2, 0.25) is 0 Å². The van der Waals surface area contributed by atoms with Crippen molar-refractivity contribution >= 4 is 18.0 Å². The molecule has 3 atom stereocenters. The topological polar surface area (TPSA) is 84.7 Å². The molecule has 0 saturated heterocycles. The molecule has 6 nitrogen and oxygen atoms in total. The number of nitrogens with one attached hydrogen (secondary N) is 1. The van der Waals surface area contributed by atoms with Gasteiger partial charge in [0.05, 0.1) is 12.0 Å². The highest BCUT2D eigenvalue weighted by atomic mass is 19.4. The fraction of sp³-hybridized carbons (Fsp3) is 0.500. The summed E-state index contributed by atoms with van der Waals surface area (Å²) < 4.78 is 44.4. The quantitative estimate of drug-likeness (QED) is 0.445. The molecule has 9 heteroatoms. The Balaban J connectivity index is 1.90. The molecule has 0 radical (unpaired) electrons. The minimum atomic E-state index is -4.87. The summed E-state index contributed by atoms with van der Waals surface area (Å²) in [6.45, 7) is 3.47. The molecule has 0 aromatic heterocycles. The molecule has 0 fully saturated rings. The molecule has 2 aliphatic rings. The van der Waals surface area contributed by atoms with Gasteiger partial charge in [-0.25, -0.2) is 0 Å². The van der Waals surface area contributed by atoms with Crippen LogP contribution in [0.25, 0.3) is 0 Å². The van der Waals surface area contributed by atoms with E-state index in [4.69, 9.17) is 5.73 Å². The maximum absolute atomic E-state index is 13.3. The van der Waals surface area contributed by atoms with Crippen LogP contribution in [0.1, 0.15) is 33.1 Å². The Morgan fingerprint density at radius 3 is 2.64 bits per heavy atom. The van der Waals surface area contributed by atoms with Crippen LogP contribution in [0.15, 0.2) is 53.3 Å². The van der Waals surface area contributed by atoms with Crippen LogP contribution >= 0.6 is 0 Å². The van der Waals surface area contributed by atoms with Crippen molar-refractivity contribution in [2.75, 3.05) is 25.0 Å². The van der Waals surface area contributed by atoms with E-state index in [1.165, 1.54) is 11.0 Å². The normalized spacial score (nSPS) is 25.1. The minimum Gasteiger partial charge on any atom is -0.410 e. The van der Waals surface area contributed by atoms with Crippen LogP contribution in [0.4, 0.5) is 18.9 Å². The lowest BCUT2D eigenvalue weighted by atomic mass is 9.63. The van der Waals surface area contributed by atoms with Gasteiger partial charge in [-0.2, -0.15) is 0 Å². The first-order valence-electron chi connectivity index (χ1n) is 11.0. The van der Waals surface area contributed by atoms with E-state index in [0.29, 0.717) is 25.1 Å². The van der Waals surface area contributed by atoms with E-state index in [2.05, 4.69) is 10.1 Å². The van der Waals surface area contributed by atoms with Crippen LogP contribution in [0, 0.1) is 17.3 Å². The Kier molecular flexibility index (Phi) is 7.51. The summed E-state index contributed by atoms with van der Waals surface area (Å²) in [5.41, 5.74) is 7.18. The Labute approximate surface area is 191 Å². The monoisotopic (exact) mass is 465 g/mol. The van der Waals surface area contributed by atoms with Crippen LogP contribution in [0.5, 0.6) is 0 Å². The summed E-state index contributed by atoms with van der Waals surface area (Å²) in [6.07, 6.45) is -0.651. The molecular weight excluding hydrogens is 435 g/mol. The lowest BCUT2D eigenvalue weighted by molar-refractivity contribution is -0.311. The van der Waals surface area contributed by atoms with Crippen LogP contribution < -0.4 is 11.1 Å². The van der Waals surface area contributed by atoms with E-state index < -0.39 is 17.7 Å². The number of nitrogens with two attached hydrogens (primary N) is 1. The third-order valence-corrected chi connectivity index (χ3v) is 6.45. The highest BCUT2D eigenvalue weighted by Crippen LogP contribution is 2.52. The van der Waals surface area contributed by atoms with E-state index in [0.717, 1.165) is 24.0 Å². The second-order valence-corrected chi connectivity index (χ2v) is 8.88. The summed E-state index contributed by atoms with van der Waals surface area (Å²) in [6, 6.07) is 8.73. The van der Waals surface area contributed by atoms with Crippen molar-refractivity contribution in [3.8, 4) is 0 Å². The standard InChI is InChI=1S/C24H30F3N3O3/c1-16-11-20(33-24(25,26)27)23(2,19-10-6-7-17(12-28)22(16)19)14-30(15-31)13-21(32)29-18-8-4-3-5-9-18/h3-5,8-9,11,15-17H,6-7,10,12-14,28H2,1-2H3,(H,29,32). The predicted molar refractivity (Wildman–Crippen MR) is 119 cm³/mol. The molecule has 2 amide bonds. The van der Waals surface area contributed by atoms with Crippen LogP contribution in [-0.4, -0.2) is 43.2 Å². The van der Waals surface area contributed by atoms with Gasteiger partial charge >= 0.3 is 6.36 Å². The molecule has 1 aromatic rings. The largest absolute Gasteiger partial charge is 0.572 e. The molecule has 0 heterocycles. The van der Waals surface area contributed by atoms with Gasteiger partial charge in [-0.05, 0) is 62.8 Å². The molecule has 180 valence electrons. The highest BCUT2D eigenvalue weighted by Gasteiger charge is 2.48. The number of para-hydroxylation sites is 1. The third-order valence-electron chi connectivity index (χ3n) is 6.45. The van der Waals surface area contributed by atoms with E-state index in [1.807, 2.05) is 6.92 Å². The number of hydrogen-bond donors (Lipinski definition) is 2. The average molecular weight is 466 g/mol. The molecular formula is C24H30F3N3O3. The SMILES string of the molecule is CC1C=C(OC(F)(F)F)C(C)(CN(C=O)CC(=O)Nc2ccccc2)C2=C1C(CN)CCC2. The molecule has 3 unspecified atom stereocenters. The van der Waals surface area contributed by atoms with Gasteiger partial charge in [-0.1, -0.05) is 36.3 Å². The van der Waals surface area contributed by atoms with Crippen molar-refractivity contribution in [2.45, 2.75) is 39.5 Å². The van der Waals surface area contributed by atoms with Gasteiger partial charge < -0.3 is 20.7 Å². The fourth-order valence-electron chi connectivity index (χ4n) is 5.09. The zero-order chi connectivity index (χ0) is 24.2. The number of anilines is 1. The van der Waals surface area contributed by atoms with Gasteiger partial charge in [0.25, 0.3) is 0 Å². The molecule has 3 rings (SSSR count). The molecule has 0 spiro atoms. The number of carbonyl (C=O) groups is 2. The smallest absolute Gasteiger partial charge is 0.410 e. The van der Waals surface area contributed by atoms with Gasteiger partial charge in [0.2, 0.25) is 12.3 Å². The zero-order valence-electron chi connectivity index (χ0n) is 18.8. The average Bonchev–Trinajstić information content (AvgIpc) is 2.76.